The number of imidazole rings is 1. The number of fused-ring (bicyclic) bond motifs is 1. The van der Waals surface area contributed by atoms with Gasteiger partial charge in [-0.05, 0) is 56.2 Å². The summed E-state index contributed by atoms with van der Waals surface area (Å²) in [4.78, 5) is 4.56. The third kappa shape index (κ3) is 2.98. The predicted octanol–water partition coefficient (Wildman–Crippen LogP) is 3.42. The van der Waals surface area contributed by atoms with Gasteiger partial charge in [-0.1, -0.05) is 12.1 Å². The molecule has 3 aromatic rings. The zero-order valence-electron chi connectivity index (χ0n) is 15.6. The Bertz CT molecular complexity index is 1120. The summed E-state index contributed by atoms with van der Waals surface area (Å²) in [5.41, 5.74) is 5.05. The first-order valence-corrected chi connectivity index (χ1v) is 10.3. The van der Waals surface area contributed by atoms with E-state index in [1.165, 1.54) is 4.31 Å². The molecular weight excluding hydrogens is 360 g/mol. The Morgan fingerprint density at radius 2 is 1.89 bits per heavy atom. The van der Waals surface area contributed by atoms with Crippen molar-refractivity contribution in [3.63, 3.8) is 0 Å². The van der Waals surface area contributed by atoms with Crippen LogP contribution >= 0.6 is 0 Å². The van der Waals surface area contributed by atoms with E-state index in [9.17, 15) is 8.42 Å². The maximum Gasteiger partial charge on any atom is 0.264 e. The van der Waals surface area contributed by atoms with Crippen LogP contribution < -0.4 is 9.62 Å². The van der Waals surface area contributed by atoms with Gasteiger partial charge in [0.15, 0.2) is 0 Å². The van der Waals surface area contributed by atoms with E-state index >= 15 is 0 Å². The molecule has 1 aliphatic heterocycles. The Morgan fingerprint density at radius 3 is 2.59 bits per heavy atom. The molecule has 6 nitrogen and oxygen atoms in total. The van der Waals surface area contributed by atoms with Crippen LogP contribution in [-0.2, 0) is 10.0 Å². The number of hydrogen-bond donors (Lipinski definition) is 1. The molecule has 0 fully saturated rings. The van der Waals surface area contributed by atoms with Crippen molar-refractivity contribution in [1.82, 2.24) is 9.55 Å². The molecule has 0 bridgehead atoms. The van der Waals surface area contributed by atoms with Crippen molar-refractivity contribution in [2.24, 2.45) is 0 Å². The predicted molar refractivity (Wildman–Crippen MR) is 107 cm³/mol. The summed E-state index contributed by atoms with van der Waals surface area (Å²) < 4.78 is 30.3. The number of aromatic nitrogens is 2. The zero-order chi connectivity index (χ0) is 19.2. The molecular formula is C20H22N4O2S. The molecule has 27 heavy (non-hydrogen) atoms. The second-order valence-electron chi connectivity index (χ2n) is 6.85. The Labute approximate surface area is 159 Å². The average molecular weight is 382 g/mol. The Morgan fingerprint density at radius 1 is 1.07 bits per heavy atom. The Hall–Kier alpha value is -2.80. The summed E-state index contributed by atoms with van der Waals surface area (Å²) in [6.45, 7) is 6.68. The molecule has 2 aromatic carbocycles. The molecule has 140 valence electrons. The second kappa shape index (κ2) is 6.42. The lowest BCUT2D eigenvalue weighted by atomic mass is 10.1. The van der Waals surface area contributed by atoms with Crippen LogP contribution in [0.15, 0.2) is 53.8 Å². The van der Waals surface area contributed by atoms with Gasteiger partial charge in [-0.15, -0.1) is 0 Å². The van der Waals surface area contributed by atoms with Crippen LogP contribution in [0.2, 0.25) is 0 Å². The van der Waals surface area contributed by atoms with E-state index in [1.807, 2.05) is 61.9 Å². The maximum absolute atomic E-state index is 13.5. The molecule has 0 saturated heterocycles. The monoisotopic (exact) mass is 382 g/mol. The molecule has 0 unspecified atom stereocenters. The van der Waals surface area contributed by atoms with Crippen molar-refractivity contribution >= 4 is 21.4 Å². The standard InChI is InChI=1S/C20H22N4O2S/c1-14-5-4-6-18-20(14)24(10-9-21-18)27(25,26)19-8-7-17(11-15(19)2)23-12-16(3)22-13-23/h4-8,11-13,21H,9-10H2,1-3H3. The number of anilines is 2. The van der Waals surface area contributed by atoms with Crippen LogP contribution in [0, 0.1) is 20.8 Å². The van der Waals surface area contributed by atoms with Crippen molar-refractivity contribution in [3.05, 3.63) is 65.7 Å². The van der Waals surface area contributed by atoms with Gasteiger partial charge in [0.05, 0.1) is 34.8 Å². The minimum Gasteiger partial charge on any atom is -0.382 e. The number of rotatable bonds is 3. The first-order chi connectivity index (χ1) is 12.9. The van der Waals surface area contributed by atoms with E-state index in [1.54, 1.807) is 12.4 Å². The van der Waals surface area contributed by atoms with Crippen LogP contribution in [-0.4, -0.2) is 31.1 Å². The first kappa shape index (κ1) is 17.6. The lowest BCUT2D eigenvalue weighted by Gasteiger charge is -2.33. The minimum atomic E-state index is -3.65. The number of para-hydroxylation sites is 1. The lowest BCUT2D eigenvalue weighted by Crippen LogP contribution is -2.39. The van der Waals surface area contributed by atoms with Crippen LogP contribution in [0.1, 0.15) is 16.8 Å². The topological polar surface area (TPSA) is 67.2 Å². The minimum absolute atomic E-state index is 0.333. The van der Waals surface area contributed by atoms with Gasteiger partial charge in [-0.3, -0.25) is 4.31 Å². The number of aryl methyl sites for hydroxylation is 3. The van der Waals surface area contributed by atoms with Crippen molar-refractivity contribution in [2.75, 3.05) is 22.7 Å². The van der Waals surface area contributed by atoms with Gasteiger partial charge in [0.25, 0.3) is 10.0 Å². The highest BCUT2D eigenvalue weighted by atomic mass is 32.2. The molecule has 0 spiro atoms. The van der Waals surface area contributed by atoms with E-state index in [4.69, 9.17) is 0 Å². The summed E-state index contributed by atoms with van der Waals surface area (Å²) in [6, 6.07) is 11.2. The van der Waals surface area contributed by atoms with Crippen molar-refractivity contribution in [3.8, 4) is 5.69 Å². The van der Waals surface area contributed by atoms with Crippen LogP contribution in [0.25, 0.3) is 5.69 Å². The number of nitrogens with zero attached hydrogens (tertiary/aromatic N) is 3. The SMILES string of the molecule is Cc1cn(-c2ccc(S(=O)(=O)N3CCNc4cccc(C)c43)c(C)c2)cn1. The van der Waals surface area contributed by atoms with Gasteiger partial charge < -0.3 is 9.88 Å². The van der Waals surface area contributed by atoms with Crippen LogP contribution in [0.3, 0.4) is 0 Å². The quantitative estimate of drug-likeness (QED) is 0.754. The van der Waals surface area contributed by atoms with Crippen molar-refractivity contribution < 1.29 is 8.42 Å². The largest absolute Gasteiger partial charge is 0.382 e. The normalized spacial score (nSPS) is 14.0. The maximum atomic E-state index is 13.5. The fourth-order valence-corrected chi connectivity index (χ4v) is 5.30. The zero-order valence-corrected chi connectivity index (χ0v) is 16.4. The summed E-state index contributed by atoms with van der Waals surface area (Å²) >= 11 is 0. The fraction of sp³-hybridized carbons (Fsp3) is 0.250. The van der Waals surface area contributed by atoms with E-state index < -0.39 is 10.0 Å². The second-order valence-corrected chi connectivity index (χ2v) is 8.68. The summed E-state index contributed by atoms with van der Waals surface area (Å²) in [7, 11) is -3.65. The molecule has 0 radical (unpaired) electrons. The highest BCUT2D eigenvalue weighted by Gasteiger charge is 2.31. The molecule has 0 saturated carbocycles. The van der Waals surface area contributed by atoms with Gasteiger partial charge in [-0.2, -0.15) is 0 Å². The third-order valence-corrected chi connectivity index (χ3v) is 6.81. The molecule has 4 rings (SSSR count). The molecule has 1 aromatic heterocycles. The Balaban J connectivity index is 1.78. The number of benzene rings is 2. The lowest BCUT2D eigenvalue weighted by molar-refractivity contribution is 0.590. The van der Waals surface area contributed by atoms with Crippen molar-refractivity contribution in [2.45, 2.75) is 25.7 Å². The molecule has 0 amide bonds. The molecule has 1 aliphatic rings. The number of sulfonamides is 1. The smallest absolute Gasteiger partial charge is 0.264 e. The van der Waals surface area contributed by atoms with Crippen LogP contribution in [0.5, 0.6) is 0 Å². The molecule has 7 heteroatoms. The van der Waals surface area contributed by atoms with Gasteiger partial charge in [0.2, 0.25) is 0 Å². The Kier molecular flexibility index (Phi) is 4.19. The van der Waals surface area contributed by atoms with Gasteiger partial charge in [0.1, 0.15) is 0 Å². The third-order valence-electron chi connectivity index (χ3n) is 4.85. The molecule has 2 heterocycles. The number of hydrogen-bond acceptors (Lipinski definition) is 4. The highest BCUT2D eigenvalue weighted by molar-refractivity contribution is 7.93. The molecule has 0 atom stereocenters. The summed E-state index contributed by atoms with van der Waals surface area (Å²) in [5, 5.41) is 3.29. The summed E-state index contributed by atoms with van der Waals surface area (Å²) in [5.74, 6) is 0. The summed E-state index contributed by atoms with van der Waals surface area (Å²) in [6.07, 6.45) is 3.65. The van der Waals surface area contributed by atoms with Gasteiger partial charge in [-0.25, -0.2) is 13.4 Å². The van der Waals surface area contributed by atoms with E-state index in [0.717, 1.165) is 28.3 Å². The van der Waals surface area contributed by atoms with E-state index in [-0.39, 0.29) is 0 Å². The molecule has 1 N–H and O–H groups in total. The van der Waals surface area contributed by atoms with E-state index in [0.29, 0.717) is 23.5 Å². The number of nitrogens with one attached hydrogen (secondary N) is 1. The first-order valence-electron chi connectivity index (χ1n) is 8.86. The van der Waals surface area contributed by atoms with Crippen LogP contribution in [0.4, 0.5) is 11.4 Å². The van der Waals surface area contributed by atoms with Gasteiger partial charge in [0, 0.05) is 18.4 Å². The highest BCUT2D eigenvalue weighted by Crippen LogP contribution is 2.36. The fourth-order valence-electron chi connectivity index (χ4n) is 3.54. The van der Waals surface area contributed by atoms with Gasteiger partial charge >= 0.3 is 0 Å². The average Bonchev–Trinajstić information content (AvgIpc) is 3.07. The van der Waals surface area contributed by atoms with E-state index in [2.05, 4.69) is 10.3 Å². The molecule has 0 aliphatic carbocycles. The van der Waals surface area contributed by atoms with Crippen molar-refractivity contribution in [1.29, 1.82) is 0 Å².